The van der Waals surface area contributed by atoms with Crippen LogP contribution in [0.5, 0.6) is 17.2 Å². The molecule has 0 spiro atoms. The van der Waals surface area contributed by atoms with Crippen molar-refractivity contribution in [2.45, 2.75) is 12.5 Å². The summed E-state index contributed by atoms with van der Waals surface area (Å²) >= 11 is 3.42. The molecule has 0 saturated carbocycles. The summed E-state index contributed by atoms with van der Waals surface area (Å²) in [5, 5.41) is 14.4. The van der Waals surface area contributed by atoms with Crippen molar-refractivity contribution in [3.8, 4) is 17.2 Å². The lowest BCUT2D eigenvalue weighted by Gasteiger charge is -2.14. The average Bonchev–Trinajstić information content (AvgIpc) is 3.06. The molecule has 2 aromatic rings. The summed E-state index contributed by atoms with van der Waals surface area (Å²) in [4.78, 5) is 0. The van der Waals surface area contributed by atoms with Gasteiger partial charge in [-0.15, -0.1) is 0 Å². The molecule has 1 aliphatic heterocycles. The van der Waals surface area contributed by atoms with E-state index in [0.717, 1.165) is 21.3 Å². The first-order valence-electron chi connectivity index (χ1n) is 7.15. The highest BCUT2D eigenvalue weighted by atomic mass is 79.9. The summed E-state index contributed by atoms with van der Waals surface area (Å²) in [6.07, 6.45) is 0.680. The standard InChI is InChI=1S/C17H17BrN2O3/c1-22-16-6-3-10(7-17(16)23-2)13-9-14(20-19-13)12-8-11(18)4-5-15(12)21/h3-8,13,19,21H,9H2,1-2H3. The van der Waals surface area contributed by atoms with Crippen LogP contribution in [0.2, 0.25) is 0 Å². The van der Waals surface area contributed by atoms with Gasteiger partial charge in [0.2, 0.25) is 0 Å². The Morgan fingerprint density at radius 1 is 1.13 bits per heavy atom. The van der Waals surface area contributed by atoms with Gasteiger partial charge in [0.15, 0.2) is 11.5 Å². The third-order valence-electron chi connectivity index (χ3n) is 3.83. The fourth-order valence-electron chi connectivity index (χ4n) is 2.61. The molecule has 0 aliphatic carbocycles. The molecule has 0 aromatic heterocycles. The number of rotatable bonds is 4. The predicted octanol–water partition coefficient (Wildman–Crippen LogP) is 3.61. The minimum Gasteiger partial charge on any atom is -0.507 e. The van der Waals surface area contributed by atoms with Gasteiger partial charge in [-0.3, -0.25) is 0 Å². The van der Waals surface area contributed by atoms with Gasteiger partial charge in [0.25, 0.3) is 0 Å². The second-order valence-electron chi connectivity index (χ2n) is 5.22. The molecule has 0 saturated heterocycles. The van der Waals surface area contributed by atoms with E-state index in [1.165, 1.54) is 0 Å². The molecule has 0 amide bonds. The molecule has 2 N–H and O–H groups in total. The fraction of sp³-hybridized carbons (Fsp3) is 0.235. The van der Waals surface area contributed by atoms with Gasteiger partial charge in [-0.25, -0.2) is 0 Å². The molecule has 1 atom stereocenters. The Kier molecular flexibility index (Phi) is 4.43. The molecule has 1 aliphatic rings. The quantitative estimate of drug-likeness (QED) is 0.855. The van der Waals surface area contributed by atoms with Crippen molar-refractivity contribution in [3.63, 3.8) is 0 Å². The number of aromatic hydroxyl groups is 1. The summed E-state index contributed by atoms with van der Waals surface area (Å²) in [6.45, 7) is 0. The number of phenolic OH excluding ortho intramolecular Hbond substituents is 1. The molecule has 0 bridgehead atoms. The van der Waals surface area contributed by atoms with Crippen molar-refractivity contribution in [3.05, 3.63) is 52.0 Å². The molecule has 0 radical (unpaired) electrons. The Morgan fingerprint density at radius 3 is 2.65 bits per heavy atom. The number of phenols is 1. The second-order valence-corrected chi connectivity index (χ2v) is 6.14. The van der Waals surface area contributed by atoms with Gasteiger partial charge in [-0.1, -0.05) is 22.0 Å². The number of benzene rings is 2. The molecule has 23 heavy (non-hydrogen) atoms. The molecule has 5 nitrogen and oxygen atoms in total. The molecule has 0 fully saturated rings. The summed E-state index contributed by atoms with van der Waals surface area (Å²) in [5.41, 5.74) is 5.73. The highest BCUT2D eigenvalue weighted by molar-refractivity contribution is 9.10. The summed E-state index contributed by atoms with van der Waals surface area (Å²) in [7, 11) is 3.23. The number of methoxy groups -OCH3 is 2. The zero-order valence-corrected chi connectivity index (χ0v) is 14.4. The Morgan fingerprint density at radius 2 is 1.91 bits per heavy atom. The first-order chi connectivity index (χ1) is 11.1. The number of hydrogen-bond donors (Lipinski definition) is 2. The molecular formula is C17H17BrN2O3. The van der Waals surface area contributed by atoms with Crippen molar-refractivity contribution in [2.75, 3.05) is 14.2 Å². The van der Waals surface area contributed by atoms with Crippen LogP contribution >= 0.6 is 15.9 Å². The minimum atomic E-state index is 0.0307. The van der Waals surface area contributed by atoms with Gasteiger partial charge in [-0.05, 0) is 35.9 Å². The maximum absolute atomic E-state index is 10.0. The van der Waals surface area contributed by atoms with Crippen LogP contribution in [0.4, 0.5) is 0 Å². The van der Waals surface area contributed by atoms with Gasteiger partial charge in [0, 0.05) is 16.5 Å². The van der Waals surface area contributed by atoms with Crippen LogP contribution in [0.25, 0.3) is 0 Å². The van der Waals surface area contributed by atoms with E-state index in [0.29, 0.717) is 17.9 Å². The molecule has 6 heteroatoms. The zero-order valence-electron chi connectivity index (χ0n) is 12.8. The number of nitrogens with one attached hydrogen (secondary N) is 1. The Bertz CT molecular complexity index is 761. The molecule has 2 aromatic carbocycles. The number of hydrogen-bond acceptors (Lipinski definition) is 5. The lowest BCUT2D eigenvalue weighted by atomic mass is 9.98. The molecule has 3 rings (SSSR count). The van der Waals surface area contributed by atoms with Gasteiger partial charge in [0.05, 0.1) is 26.0 Å². The maximum atomic E-state index is 10.0. The molecule has 1 heterocycles. The van der Waals surface area contributed by atoms with Crippen LogP contribution < -0.4 is 14.9 Å². The number of nitrogens with zero attached hydrogens (tertiary/aromatic N) is 1. The van der Waals surface area contributed by atoms with Crippen LogP contribution in [0, 0.1) is 0 Å². The van der Waals surface area contributed by atoms with E-state index < -0.39 is 0 Å². The lowest BCUT2D eigenvalue weighted by Crippen LogP contribution is -2.10. The highest BCUT2D eigenvalue weighted by Crippen LogP contribution is 2.34. The second kappa shape index (κ2) is 6.50. The van der Waals surface area contributed by atoms with Gasteiger partial charge in [0.1, 0.15) is 5.75 Å². The smallest absolute Gasteiger partial charge is 0.161 e. The van der Waals surface area contributed by atoms with Gasteiger partial charge >= 0.3 is 0 Å². The topological polar surface area (TPSA) is 63.1 Å². The van der Waals surface area contributed by atoms with E-state index in [9.17, 15) is 5.11 Å². The van der Waals surface area contributed by atoms with E-state index in [1.54, 1.807) is 26.4 Å². The van der Waals surface area contributed by atoms with Crippen molar-refractivity contribution in [2.24, 2.45) is 5.10 Å². The summed E-state index contributed by atoms with van der Waals surface area (Å²) in [6, 6.07) is 11.2. The first-order valence-corrected chi connectivity index (χ1v) is 7.94. The van der Waals surface area contributed by atoms with Crippen LogP contribution in [-0.2, 0) is 0 Å². The highest BCUT2D eigenvalue weighted by Gasteiger charge is 2.24. The third kappa shape index (κ3) is 3.12. The van der Waals surface area contributed by atoms with E-state index in [4.69, 9.17) is 9.47 Å². The molecule has 1 unspecified atom stereocenters. The first kappa shape index (κ1) is 15.7. The largest absolute Gasteiger partial charge is 0.507 e. The maximum Gasteiger partial charge on any atom is 0.161 e. The van der Waals surface area contributed by atoms with E-state index >= 15 is 0 Å². The Balaban J connectivity index is 1.83. The van der Waals surface area contributed by atoms with Crippen LogP contribution in [0.3, 0.4) is 0 Å². The SMILES string of the molecule is COc1ccc(C2CC(c3cc(Br)ccc3O)=NN2)cc1OC. The van der Waals surface area contributed by atoms with Crippen molar-refractivity contribution in [1.82, 2.24) is 5.43 Å². The van der Waals surface area contributed by atoms with Crippen molar-refractivity contribution >= 4 is 21.6 Å². The summed E-state index contributed by atoms with van der Waals surface area (Å²) in [5.74, 6) is 1.60. The van der Waals surface area contributed by atoms with Crippen LogP contribution in [0.15, 0.2) is 46.0 Å². The summed E-state index contributed by atoms with van der Waals surface area (Å²) < 4.78 is 11.5. The zero-order chi connectivity index (χ0) is 16.4. The van der Waals surface area contributed by atoms with Gasteiger partial charge in [-0.2, -0.15) is 5.10 Å². The lowest BCUT2D eigenvalue weighted by molar-refractivity contribution is 0.354. The fourth-order valence-corrected chi connectivity index (χ4v) is 2.97. The van der Waals surface area contributed by atoms with Gasteiger partial charge < -0.3 is 20.0 Å². The number of ether oxygens (including phenoxy) is 2. The normalized spacial score (nSPS) is 16.7. The van der Waals surface area contributed by atoms with Crippen LogP contribution in [-0.4, -0.2) is 25.0 Å². The molecule has 120 valence electrons. The Hall–Kier alpha value is -2.21. The number of halogens is 1. The van der Waals surface area contributed by atoms with E-state index in [2.05, 4.69) is 26.5 Å². The predicted molar refractivity (Wildman–Crippen MR) is 92.4 cm³/mol. The monoisotopic (exact) mass is 376 g/mol. The average molecular weight is 377 g/mol. The Labute approximate surface area is 143 Å². The van der Waals surface area contributed by atoms with E-state index in [1.807, 2.05) is 24.3 Å². The molecular weight excluding hydrogens is 360 g/mol. The van der Waals surface area contributed by atoms with Crippen molar-refractivity contribution < 1.29 is 14.6 Å². The van der Waals surface area contributed by atoms with Crippen LogP contribution in [0.1, 0.15) is 23.6 Å². The third-order valence-corrected chi connectivity index (χ3v) is 4.33. The van der Waals surface area contributed by atoms with E-state index in [-0.39, 0.29) is 11.8 Å². The number of hydrazone groups is 1. The minimum absolute atomic E-state index is 0.0307. The van der Waals surface area contributed by atoms with Crippen molar-refractivity contribution in [1.29, 1.82) is 0 Å².